The second-order valence-corrected chi connectivity index (χ2v) is 3.88. The maximum atomic E-state index is 11.7. The zero-order valence-electron chi connectivity index (χ0n) is 8.29. The summed E-state index contributed by atoms with van der Waals surface area (Å²) >= 11 is 0. The highest BCUT2D eigenvalue weighted by molar-refractivity contribution is 6.00. The van der Waals surface area contributed by atoms with Crippen molar-refractivity contribution in [2.75, 3.05) is 5.32 Å². The molecule has 1 N–H and O–H groups in total. The van der Waals surface area contributed by atoms with Gasteiger partial charge in [0.15, 0.2) is 5.78 Å². The predicted octanol–water partition coefficient (Wildman–Crippen LogP) is 2.44. The molecule has 15 heavy (non-hydrogen) atoms. The van der Waals surface area contributed by atoms with Gasteiger partial charge in [-0.05, 0) is 17.7 Å². The van der Waals surface area contributed by atoms with E-state index in [1.54, 1.807) is 0 Å². The lowest BCUT2D eigenvalue weighted by molar-refractivity contribution is -0.115. The van der Waals surface area contributed by atoms with E-state index in [1.807, 2.05) is 30.4 Å². The molecule has 3 rings (SSSR count). The summed E-state index contributed by atoms with van der Waals surface area (Å²) in [4.78, 5) is 11.7. The number of anilines is 1. The number of Topliss-reactive ketones (excluding diaryl/α,β-unsaturated/α-hetero) is 1. The Morgan fingerprint density at radius 3 is 3.00 bits per heavy atom. The fourth-order valence-corrected chi connectivity index (χ4v) is 2.10. The van der Waals surface area contributed by atoms with Gasteiger partial charge in [0.25, 0.3) is 0 Å². The molecule has 0 spiro atoms. The topological polar surface area (TPSA) is 29.1 Å². The van der Waals surface area contributed by atoms with Gasteiger partial charge < -0.3 is 5.32 Å². The molecule has 1 aromatic carbocycles. The second-order valence-electron chi connectivity index (χ2n) is 3.88. The number of carbonyl (C=O) groups excluding carboxylic acids is 1. The molecule has 1 aliphatic carbocycles. The van der Waals surface area contributed by atoms with Crippen molar-refractivity contribution in [1.29, 1.82) is 0 Å². The Labute approximate surface area is 88.3 Å². The van der Waals surface area contributed by atoms with Crippen LogP contribution in [0.15, 0.2) is 47.7 Å². The summed E-state index contributed by atoms with van der Waals surface area (Å²) < 4.78 is 0. The SMILES string of the molecule is O=C1CC=CC2=C1Cc1ccccc1N2. The summed E-state index contributed by atoms with van der Waals surface area (Å²) in [7, 11) is 0. The third kappa shape index (κ3) is 1.30. The molecule has 0 unspecified atom stereocenters. The average molecular weight is 197 g/mol. The van der Waals surface area contributed by atoms with Crippen LogP contribution in [0, 0.1) is 0 Å². The molecule has 0 atom stereocenters. The first-order valence-electron chi connectivity index (χ1n) is 5.12. The van der Waals surface area contributed by atoms with Crippen molar-refractivity contribution in [1.82, 2.24) is 0 Å². The lowest BCUT2D eigenvalue weighted by Gasteiger charge is -2.24. The van der Waals surface area contributed by atoms with Crippen LogP contribution in [0.2, 0.25) is 0 Å². The van der Waals surface area contributed by atoms with Crippen LogP contribution in [0.1, 0.15) is 12.0 Å². The van der Waals surface area contributed by atoms with Gasteiger partial charge in [-0.3, -0.25) is 4.79 Å². The average Bonchev–Trinajstić information content (AvgIpc) is 2.27. The Kier molecular flexibility index (Phi) is 1.75. The quantitative estimate of drug-likeness (QED) is 0.692. The van der Waals surface area contributed by atoms with Crippen LogP contribution in [0.3, 0.4) is 0 Å². The summed E-state index contributed by atoms with van der Waals surface area (Å²) in [6.45, 7) is 0. The van der Waals surface area contributed by atoms with Crippen LogP contribution in [0.25, 0.3) is 0 Å². The van der Waals surface area contributed by atoms with Gasteiger partial charge in [-0.25, -0.2) is 0 Å². The van der Waals surface area contributed by atoms with Crippen LogP contribution >= 0.6 is 0 Å². The van der Waals surface area contributed by atoms with E-state index < -0.39 is 0 Å². The Morgan fingerprint density at radius 1 is 1.20 bits per heavy atom. The van der Waals surface area contributed by atoms with Gasteiger partial charge >= 0.3 is 0 Å². The van der Waals surface area contributed by atoms with Crippen molar-refractivity contribution < 1.29 is 4.79 Å². The molecular weight excluding hydrogens is 186 g/mol. The van der Waals surface area contributed by atoms with Gasteiger partial charge in [0.05, 0.1) is 0 Å². The van der Waals surface area contributed by atoms with E-state index >= 15 is 0 Å². The Hall–Kier alpha value is -1.83. The lowest BCUT2D eigenvalue weighted by Crippen LogP contribution is -2.19. The first-order chi connectivity index (χ1) is 7.34. The van der Waals surface area contributed by atoms with Crippen LogP contribution in [-0.2, 0) is 11.2 Å². The van der Waals surface area contributed by atoms with Crippen LogP contribution < -0.4 is 5.32 Å². The number of hydrogen-bond acceptors (Lipinski definition) is 2. The van der Waals surface area contributed by atoms with Gasteiger partial charge in [0.2, 0.25) is 0 Å². The highest BCUT2D eigenvalue weighted by Crippen LogP contribution is 2.30. The monoisotopic (exact) mass is 197 g/mol. The molecular formula is C13H11NO. The minimum Gasteiger partial charge on any atom is -0.355 e. The summed E-state index contributed by atoms with van der Waals surface area (Å²) in [5.41, 5.74) is 4.23. The highest BCUT2D eigenvalue weighted by Gasteiger charge is 2.22. The standard InChI is InChI=1S/C13H11NO/c15-13-7-3-6-12-10(13)8-9-4-1-2-5-11(9)14-12/h1-6,14H,7-8H2. The molecule has 0 saturated carbocycles. The number of fused-ring (bicyclic) bond motifs is 1. The summed E-state index contributed by atoms with van der Waals surface area (Å²) in [5, 5.41) is 3.30. The van der Waals surface area contributed by atoms with Crippen molar-refractivity contribution in [2.24, 2.45) is 0 Å². The Bertz CT molecular complexity index is 497. The molecule has 0 fully saturated rings. The van der Waals surface area contributed by atoms with Crippen molar-refractivity contribution in [3.63, 3.8) is 0 Å². The maximum absolute atomic E-state index is 11.7. The van der Waals surface area contributed by atoms with Crippen LogP contribution in [0.5, 0.6) is 0 Å². The zero-order valence-corrected chi connectivity index (χ0v) is 8.29. The minimum absolute atomic E-state index is 0.245. The summed E-state index contributed by atoms with van der Waals surface area (Å²) in [6, 6.07) is 8.13. The van der Waals surface area contributed by atoms with E-state index in [2.05, 4.69) is 11.4 Å². The van der Waals surface area contributed by atoms with Crippen LogP contribution in [-0.4, -0.2) is 5.78 Å². The Balaban J connectivity index is 2.08. The number of ketones is 1. The zero-order chi connectivity index (χ0) is 10.3. The highest BCUT2D eigenvalue weighted by atomic mass is 16.1. The molecule has 2 heteroatoms. The van der Waals surface area contributed by atoms with E-state index in [0.29, 0.717) is 6.42 Å². The molecule has 1 aromatic rings. The normalized spacial score (nSPS) is 18.3. The number of allylic oxidation sites excluding steroid dienone is 3. The lowest BCUT2D eigenvalue weighted by atomic mass is 9.90. The number of para-hydroxylation sites is 1. The largest absolute Gasteiger partial charge is 0.355 e. The number of rotatable bonds is 0. The third-order valence-electron chi connectivity index (χ3n) is 2.90. The third-order valence-corrected chi connectivity index (χ3v) is 2.90. The summed E-state index contributed by atoms with van der Waals surface area (Å²) in [5.74, 6) is 0.245. The van der Waals surface area contributed by atoms with Gasteiger partial charge in [0.1, 0.15) is 0 Å². The number of hydrogen-bond donors (Lipinski definition) is 1. The summed E-state index contributed by atoms with van der Waals surface area (Å²) in [6.07, 6.45) is 5.24. The Morgan fingerprint density at radius 2 is 2.07 bits per heavy atom. The van der Waals surface area contributed by atoms with E-state index in [9.17, 15) is 4.79 Å². The number of carbonyl (C=O) groups is 1. The molecule has 2 aliphatic rings. The van der Waals surface area contributed by atoms with Gasteiger partial charge in [0, 0.05) is 29.8 Å². The molecule has 0 aromatic heterocycles. The van der Waals surface area contributed by atoms with E-state index in [1.165, 1.54) is 5.56 Å². The minimum atomic E-state index is 0.245. The van der Waals surface area contributed by atoms with Gasteiger partial charge in [-0.2, -0.15) is 0 Å². The van der Waals surface area contributed by atoms with Crippen molar-refractivity contribution in [2.45, 2.75) is 12.8 Å². The van der Waals surface area contributed by atoms with Gasteiger partial charge in [-0.15, -0.1) is 0 Å². The number of nitrogens with one attached hydrogen (secondary N) is 1. The fourth-order valence-electron chi connectivity index (χ4n) is 2.10. The fraction of sp³-hybridized carbons (Fsp3) is 0.154. The van der Waals surface area contributed by atoms with E-state index in [-0.39, 0.29) is 5.78 Å². The molecule has 2 nitrogen and oxygen atoms in total. The van der Waals surface area contributed by atoms with Gasteiger partial charge in [-0.1, -0.05) is 24.3 Å². The molecule has 1 heterocycles. The first-order valence-corrected chi connectivity index (χ1v) is 5.12. The smallest absolute Gasteiger partial charge is 0.165 e. The van der Waals surface area contributed by atoms with E-state index in [0.717, 1.165) is 23.4 Å². The van der Waals surface area contributed by atoms with Crippen LogP contribution in [0.4, 0.5) is 5.69 Å². The van der Waals surface area contributed by atoms with E-state index in [4.69, 9.17) is 0 Å². The molecule has 0 amide bonds. The number of benzene rings is 1. The van der Waals surface area contributed by atoms with Crippen molar-refractivity contribution in [3.05, 3.63) is 53.3 Å². The van der Waals surface area contributed by atoms with Crippen molar-refractivity contribution >= 4 is 11.5 Å². The first kappa shape index (κ1) is 8.48. The second kappa shape index (κ2) is 3.09. The maximum Gasteiger partial charge on any atom is 0.165 e. The van der Waals surface area contributed by atoms with Crippen molar-refractivity contribution in [3.8, 4) is 0 Å². The molecule has 0 saturated heterocycles. The molecule has 1 aliphatic heterocycles. The molecule has 74 valence electrons. The predicted molar refractivity (Wildman–Crippen MR) is 59.6 cm³/mol. The molecule has 0 bridgehead atoms. The molecule has 0 radical (unpaired) electrons.